The van der Waals surface area contributed by atoms with Crippen molar-refractivity contribution in [3.63, 3.8) is 0 Å². The van der Waals surface area contributed by atoms with Crippen LogP contribution in [0.4, 0.5) is 4.39 Å². The van der Waals surface area contributed by atoms with Crippen LogP contribution in [0, 0.1) is 5.82 Å². The first kappa shape index (κ1) is 17.8. The van der Waals surface area contributed by atoms with Crippen LogP contribution in [0.15, 0.2) is 36.7 Å². The highest BCUT2D eigenvalue weighted by atomic mass is 19.1. The van der Waals surface area contributed by atoms with Crippen LogP contribution in [0.1, 0.15) is 36.0 Å². The lowest BCUT2D eigenvalue weighted by atomic mass is 9.97. The number of aliphatic hydroxyl groups excluding tert-OH is 1. The van der Waals surface area contributed by atoms with Crippen molar-refractivity contribution >= 4 is 0 Å². The van der Waals surface area contributed by atoms with Crippen molar-refractivity contribution in [2.45, 2.75) is 31.9 Å². The van der Waals surface area contributed by atoms with Crippen LogP contribution >= 0.6 is 0 Å². The Morgan fingerprint density at radius 3 is 2.96 bits per heavy atom. The fraction of sp³-hybridized carbons (Fsp3) is 0.421. The molecule has 27 heavy (non-hydrogen) atoms. The van der Waals surface area contributed by atoms with Crippen molar-refractivity contribution in [1.29, 1.82) is 0 Å². The molecule has 1 saturated heterocycles. The molecule has 142 valence electrons. The maximum absolute atomic E-state index is 13.4. The fourth-order valence-corrected chi connectivity index (χ4v) is 3.74. The normalized spacial score (nSPS) is 18.1. The number of halogens is 1. The minimum Gasteiger partial charge on any atom is -0.388 e. The molecule has 8 heteroatoms. The molecular formula is C19H23FN6O. The molecule has 1 aliphatic heterocycles. The van der Waals surface area contributed by atoms with Gasteiger partial charge >= 0.3 is 0 Å². The minimum absolute atomic E-state index is 0.0980. The lowest BCUT2D eigenvalue weighted by Crippen LogP contribution is -2.34. The number of rotatable bonds is 5. The van der Waals surface area contributed by atoms with Gasteiger partial charge in [-0.3, -0.25) is 4.90 Å². The molecule has 3 heterocycles. The Morgan fingerprint density at radius 1 is 1.30 bits per heavy atom. The summed E-state index contributed by atoms with van der Waals surface area (Å²) in [5.41, 5.74) is 1.81. The van der Waals surface area contributed by atoms with Crippen molar-refractivity contribution in [2.75, 3.05) is 13.1 Å². The van der Waals surface area contributed by atoms with E-state index in [2.05, 4.69) is 20.2 Å². The first-order valence-corrected chi connectivity index (χ1v) is 9.15. The van der Waals surface area contributed by atoms with Crippen molar-refractivity contribution in [3.8, 4) is 5.69 Å². The second-order valence-corrected chi connectivity index (χ2v) is 7.04. The number of nitrogens with zero attached hydrogens (tertiary/aromatic N) is 6. The molecule has 1 aliphatic rings. The third-order valence-electron chi connectivity index (χ3n) is 5.13. The Labute approximate surface area is 157 Å². The van der Waals surface area contributed by atoms with Crippen molar-refractivity contribution in [2.24, 2.45) is 7.05 Å². The number of hydrogen-bond acceptors (Lipinski definition) is 5. The van der Waals surface area contributed by atoms with Gasteiger partial charge in [-0.25, -0.2) is 9.07 Å². The molecule has 0 spiro atoms. The largest absolute Gasteiger partial charge is 0.388 e. The monoisotopic (exact) mass is 370 g/mol. The molecule has 2 aromatic heterocycles. The number of piperidine rings is 1. The molecular weight excluding hydrogens is 347 g/mol. The van der Waals surface area contributed by atoms with Gasteiger partial charge in [0, 0.05) is 37.8 Å². The summed E-state index contributed by atoms with van der Waals surface area (Å²) in [7, 11) is 1.91. The van der Waals surface area contributed by atoms with Gasteiger partial charge in [-0.2, -0.15) is 5.10 Å². The summed E-state index contributed by atoms with van der Waals surface area (Å²) in [6.07, 6.45) is 5.94. The fourth-order valence-electron chi connectivity index (χ4n) is 3.74. The zero-order valence-corrected chi connectivity index (χ0v) is 15.3. The van der Waals surface area contributed by atoms with Gasteiger partial charge in [-0.05, 0) is 37.6 Å². The Balaban J connectivity index is 1.44. The smallest absolute Gasteiger partial charge is 0.158 e. The highest BCUT2D eigenvalue weighted by molar-refractivity contribution is 5.31. The van der Waals surface area contributed by atoms with Gasteiger partial charge in [0.25, 0.3) is 0 Å². The van der Waals surface area contributed by atoms with Crippen LogP contribution in [0.5, 0.6) is 0 Å². The molecule has 7 nitrogen and oxygen atoms in total. The van der Waals surface area contributed by atoms with Crippen LogP contribution < -0.4 is 0 Å². The molecule has 0 unspecified atom stereocenters. The van der Waals surface area contributed by atoms with E-state index in [4.69, 9.17) is 0 Å². The van der Waals surface area contributed by atoms with Crippen LogP contribution in [-0.4, -0.2) is 47.6 Å². The molecule has 0 radical (unpaired) electrons. The summed E-state index contributed by atoms with van der Waals surface area (Å²) in [4.78, 5) is 2.38. The third-order valence-corrected chi connectivity index (χ3v) is 5.13. The Hall–Kier alpha value is -2.58. The van der Waals surface area contributed by atoms with Gasteiger partial charge < -0.3 is 9.67 Å². The van der Waals surface area contributed by atoms with Crippen LogP contribution in [0.3, 0.4) is 0 Å². The van der Waals surface area contributed by atoms with Crippen molar-refractivity contribution < 1.29 is 9.50 Å². The third kappa shape index (κ3) is 3.77. The standard InChI is InChI=1S/C19H23FN6O/c1-24-18(13-27)22-23-19(24)15-4-3-7-25(12-15)10-14-9-21-26(11-14)17-6-2-5-16(20)8-17/h2,5-6,8-9,11,15,27H,3-4,7,10,12-13H2,1H3/t15-/m1/s1. The average molecular weight is 370 g/mol. The van der Waals surface area contributed by atoms with E-state index < -0.39 is 0 Å². The number of aromatic nitrogens is 5. The lowest BCUT2D eigenvalue weighted by molar-refractivity contribution is 0.194. The van der Waals surface area contributed by atoms with Gasteiger partial charge in [0.15, 0.2) is 5.82 Å². The quantitative estimate of drug-likeness (QED) is 0.744. The second-order valence-electron chi connectivity index (χ2n) is 7.04. The molecule has 1 aromatic carbocycles. The molecule has 0 saturated carbocycles. The van der Waals surface area contributed by atoms with Crippen LogP contribution in [-0.2, 0) is 20.2 Å². The summed E-state index contributed by atoms with van der Waals surface area (Å²) in [6, 6.07) is 6.42. The van der Waals surface area contributed by atoms with Crippen molar-refractivity contribution in [1.82, 2.24) is 29.4 Å². The zero-order valence-electron chi connectivity index (χ0n) is 15.3. The van der Waals surface area contributed by atoms with E-state index in [1.54, 1.807) is 10.7 Å². The number of likely N-dealkylation sites (tertiary alicyclic amines) is 1. The van der Waals surface area contributed by atoms with E-state index in [-0.39, 0.29) is 12.4 Å². The number of aliphatic hydroxyl groups is 1. The topological polar surface area (TPSA) is 72.0 Å². The van der Waals surface area contributed by atoms with E-state index >= 15 is 0 Å². The molecule has 1 fully saturated rings. The van der Waals surface area contributed by atoms with Gasteiger partial charge in [-0.1, -0.05) is 6.07 Å². The molecule has 1 N–H and O–H groups in total. The molecule has 4 rings (SSSR count). The molecule has 3 aromatic rings. The highest BCUT2D eigenvalue weighted by Crippen LogP contribution is 2.26. The summed E-state index contributed by atoms with van der Waals surface area (Å²) in [5, 5.41) is 22.0. The van der Waals surface area contributed by atoms with Gasteiger partial charge in [0.1, 0.15) is 18.2 Å². The maximum atomic E-state index is 13.4. The second kappa shape index (κ2) is 7.58. The molecule has 0 aliphatic carbocycles. The predicted molar refractivity (Wildman–Crippen MR) is 97.7 cm³/mol. The van der Waals surface area contributed by atoms with E-state index in [0.29, 0.717) is 17.4 Å². The maximum Gasteiger partial charge on any atom is 0.158 e. The summed E-state index contributed by atoms with van der Waals surface area (Å²) in [6.45, 7) is 2.60. The highest BCUT2D eigenvalue weighted by Gasteiger charge is 2.26. The summed E-state index contributed by atoms with van der Waals surface area (Å²) in [5.74, 6) is 1.56. The number of hydrogen-bond donors (Lipinski definition) is 1. The van der Waals surface area contributed by atoms with E-state index in [0.717, 1.165) is 43.9 Å². The Kier molecular flexibility index (Phi) is 5.00. The van der Waals surface area contributed by atoms with Gasteiger partial charge in [0.2, 0.25) is 0 Å². The molecule has 1 atom stereocenters. The van der Waals surface area contributed by atoms with Crippen LogP contribution in [0.25, 0.3) is 5.69 Å². The minimum atomic E-state index is -0.269. The van der Waals surface area contributed by atoms with Gasteiger partial charge in [0.05, 0.1) is 11.9 Å². The van der Waals surface area contributed by atoms with Gasteiger partial charge in [-0.15, -0.1) is 10.2 Å². The first-order chi connectivity index (χ1) is 13.1. The van der Waals surface area contributed by atoms with E-state index in [1.165, 1.54) is 12.1 Å². The molecule has 0 amide bonds. The van der Waals surface area contributed by atoms with Crippen LogP contribution in [0.2, 0.25) is 0 Å². The number of benzene rings is 1. The molecule has 0 bridgehead atoms. The SMILES string of the molecule is Cn1c(CO)nnc1[C@@H]1CCCN(Cc2cnn(-c3cccc(F)c3)c2)C1. The predicted octanol–water partition coefficient (Wildman–Crippen LogP) is 2.01. The summed E-state index contributed by atoms with van der Waals surface area (Å²) < 4.78 is 17.0. The van der Waals surface area contributed by atoms with E-state index in [9.17, 15) is 9.50 Å². The zero-order chi connectivity index (χ0) is 18.8. The van der Waals surface area contributed by atoms with Crippen molar-refractivity contribution in [3.05, 3.63) is 59.7 Å². The first-order valence-electron chi connectivity index (χ1n) is 9.15. The Morgan fingerprint density at radius 2 is 2.19 bits per heavy atom. The lowest BCUT2D eigenvalue weighted by Gasteiger charge is -2.31. The van der Waals surface area contributed by atoms with E-state index in [1.807, 2.05) is 30.1 Å². The average Bonchev–Trinajstić information content (AvgIpc) is 3.28. The summed E-state index contributed by atoms with van der Waals surface area (Å²) >= 11 is 0. The Bertz CT molecular complexity index is 921.